The molecule has 1 aromatic heterocycles. The van der Waals surface area contributed by atoms with Gasteiger partial charge < -0.3 is 0 Å². The van der Waals surface area contributed by atoms with Crippen molar-refractivity contribution in [2.75, 3.05) is 0 Å². The monoisotopic (exact) mass is 191 g/mol. The molecule has 68 valence electrons. The number of hydrogen-bond acceptors (Lipinski definition) is 2. The average molecular weight is 191 g/mol. The number of hydrogen-bond donors (Lipinski definition) is 0. The van der Waals surface area contributed by atoms with Gasteiger partial charge in [0.15, 0.2) is 0 Å². The average Bonchev–Trinajstić information content (AvgIpc) is 2.61. The van der Waals surface area contributed by atoms with Gasteiger partial charge in [0.2, 0.25) is 0 Å². The Balaban J connectivity index is 2.26. The number of nitrogens with zero attached hydrogens (tertiary/aromatic N) is 1. The van der Waals surface area contributed by atoms with Gasteiger partial charge in [-0.1, -0.05) is 19.4 Å². The van der Waals surface area contributed by atoms with Crippen molar-refractivity contribution in [3.05, 3.63) is 29.3 Å². The number of aryl methyl sites for hydroxylation is 1. The molecule has 0 aliphatic carbocycles. The van der Waals surface area contributed by atoms with E-state index in [9.17, 15) is 0 Å². The van der Waals surface area contributed by atoms with Gasteiger partial charge in [-0.05, 0) is 30.5 Å². The Kier molecular flexibility index (Phi) is 2.60. The van der Waals surface area contributed by atoms with Crippen molar-refractivity contribution in [1.29, 1.82) is 0 Å². The zero-order valence-corrected chi connectivity index (χ0v) is 8.60. The van der Waals surface area contributed by atoms with Crippen LogP contribution in [0, 0.1) is 0 Å². The Morgan fingerprint density at radius 3 is 3.15 bits per heavy atom. The number of benzene rings is 1. The molecule has 0 N–H and O–H groups in total. The van der Waals surface area contributed by atoms with E-state index in [1.807, 2.05) is 5.51 Å². The summed E-state index contributed by atoms with van der Waals surface area (Å²) >= 11 is 1.72. The first kappa shape index (κ1) is 8.70. The second-order valence-electron chi connectivity index (χ2n) is 3.26. The molecular weight excluding hydrogens is 178 g/mol. The molecule has 0 atom stereocenters. The fourth-order valence-electron chi connectivity index (χ4n) is 1.44. The molecule has 1 heterocycles. The molecule has 1 aromatic carbocycles. The van der Waals surface area contributed by atoms with Crippen molar-refractivity contribution in [3.8, 4) is 0 Å². The summed E-state index contributed by atoms with van der Waals surface area (Å²) in [7, 11) is 0. The standard InChI is InChI=1S/C11H13NS/c1-2-3-4-9-5-6-10-11(7-9)13-8-12-10/h5-8H,2-4H2,1H3. The molecule has 0 unspecified atom stereocenters. The Morgan fingerprint density at radius 2 is 2.31 bits per heavy atom. The highest BCUT2D eigenvalue weighted by molar-refractivity contribution is 7.16. The minimum absolute atomic E-state index is 1.13. The fraction of sp³-hybridized carbons (Fsp3) is 0.364. The summed E-state index contributed by atoms with van der Waals surface area (Å²) in [5, 5.41) is 0. The maximum absolute atomic E-state index is 4.26. The summed E-state index contributed by atoms with van der Waals surface area (Å²) in [5.41, 5.74) is 4.48. The van der Waals surface area contributed by atoms with Gasteiger partial charge in [0.1, 0.15) is 0 Å². The quantitative estimate of drug-likeness (QED) is 0.721. The van der Waals surface area contributed by atoms with Crippen molar-refractivity contribution in [2.45, 2.75) is 26.2 Å². The van der Waals surface area contributed by atoms with Gasteiger partial charge >= 0.3 is 0 Å². The van der Waals surface area contributed by atoms with E-state index in [1.54, 1.807) is 11.3 Å². The minimum atomic E-state index is 1.13. The van der Waals surface area contributed by atoms with Crippen molar-refractivity contribution >= 4 is 21.6 Å². The van der Waals surface area contributed by atoms with Gasteiger partial charge in [-0.15, -0.1) is 11.3 Å². The van der Waals surface area contributed by atoms with Crippen LogP contribution in [0.2, 0.25) is 0 Å². The van der Waals surface area contributed by atoms with E-state index >= 15 is 0 Å². The van der Waals surface area contributed by atoms with E-state index in [2.05, 4.69) is 30.1 Å². The van der Waals surface area contributed by atoms with Crippen LogP contribution in [-0.4, -0.2) is 4.98 Å². The third-order valence-electron chi connectivity index (χ3n) is 2.21. The summed E-state index contributed by atoms with van der Waals surface area (Å²) in [6, 6.07) is 6.58. The summed E-state index contributed by atoms with van der Waals surface area (Å²) < 4.78 is 1.31. The lowest BCUT2D eigenvalue weighted by Gasteiger charge is -1.98. The SMILES string of the molecule is CCCCc1ccc2ncsc2c1. The molecular formula is C11H13NS. The highest BCUT2D eigenvalue weighted by Crippen LogP contribution is 2.19. The predicted octanol–water partition coefficient (Wildman–Crippen LogP) is 3.64. The van der Waals surface area contributed by atoms with Crippen LogP contribution >= 0.6 is 11.3 Å². The highest BCUT2D eigenvalue weighted by Gasteiger charge is 1.97. The van der Waals surface area contributed by atoms with Gasteiger partial charge in [-0.2, -0.15) is 0 Å². The minimum Gasteiger partial charge on any atom is -0.245 e. The van der Waals surface area contributed by atoms with Gasteiger partial charge in [0, 0.05) is 0 Å². The molecule has 0 saturated carbocycles. The molecule has 0 saturated heterocycles. The normalized spacial score (nSPS) is 10.8. The largest absolute Gasteiger partial charge is 0.245 e. The molecule has 0 amide bonds. The number of thiazole rings is 1. The molecule has 0 aliphatic rings. The third kappa shape index (κ3) is 1.89. The lowest BCUT2D eigenvalue weighted by molar-refractivity contribution is 0.796. The zero-order valence-electron chi connectivity index (χ0n) is 7.79. The first-order valence-corrected chi connectivity index (χ1v) is 5.60. The zero-order chi connectivity index (χ0) is 9.10. The third-order valence-corrected chi connectivity index (χ3v) is 3.01. The second-order valence-corrected chi connectivity index (χ2v) is 4.14. The van der Waals surface area contributed by atoms with Crippen molar-refractivity contribution in [2.24, 2.45) is 0 Å². The van der Waals surface area contributed by atoms with Gasteiger partial charge in [0.05, 0.1) is 15.7 Å². The van der Waals surface area contributed by atoms with E-state index in [0.29, 0.717) is 0 Å². The predicted molar refractivity (Wildman–Crippen MR) is 58.2 cm³/mol. The molecule has 0 spiro atoms. The first-order valence-electron chi connectivity index (χ1n) is 4.72. The van der Waals surface area contributed by atoms with Crippen LogP contribution in [0.15, 0.2) is 23.7 Å². The summed E-state index contributed by atoms with van der Waals surface area (Å²) in [4.78, 5) is 4.26. The highest BCUT2D eigenvalue weighted by atomic mass is 32.1. The number of rotatable bonds is 3. The van der Waals surface area contributed by atoms with Crippen LogP contribution in [0.1, 0.15) is 25.3 Å². The van der Waals surface area contributed by atoms with Crippen molar-refractivity contribution in [3.63, 3.8) is 0 Å². The summed E-state index contributed by atoms with van der Waals surface area (Å²) in [6.45, 7) is 2.23. The lowest BCUT2D eigenvalue weighted by Crippen LogP contribution is -1.83. The van der Waals surface area contributed by atoms with Crippen LogP contribution in [0.4, 0.5) is 0 Å². The molecule has 0 aliphatic heterocycles. The first-order chi connectivity index (χ1) is 6.40. The van der Waals surface area contributed by atoms with E-state index in [1.165, 1.54) is 29.5 Å². The van der Waals surface area contributed by atoms with Crippen LogP contribution in [0.5, 0.6) is 0 Å². The molecule has 13 heavy (non-hydrogen) atoms. The number of unbranched alkanes of at least 4 members (excludes halogenated alkanes) is 1. The Hall–Kier alpha value is -0.890. The van der Waals surface area contributed by atoms with Crippen molar-refractivity contribution < 1.29 is 0 Å². The molecule has 1 nitrogen and oxygen atoms in total. The second kappa shape index (κ2) is 3.88. The Bertz CT molecular complexity index is 392. The molecule has 2 aromatic rings. The van der Waals surface area contributed by atoms with E-state index in [4.69, 9.17) is 0 Å². The van der Waals surface area contributed by atoms with E-state index < -0.39 is 0 Å². The smallest absolute Gasteiger partial charge is 0.0812 e. The molecule has 0 fully saturated rings. The summed E-state index contributed by atoms with van der Waals surface area (Å²) in [5.74, 6) is 0. The Labute approximate surface area is 82.4 Å². The van der Waals surface area contributed by atoms with Crippen LogP contribution < -0.4 is 0 Å². The van der Waals surface area contributed by atoms with E-state index in [0.717, 1.165) is 5.52 Å². The molecule has 0 bridgehead atoms. The topological polar surface area (TPSA) is 12.9 Å². The fourth-order valence-corrected chi connectivity index (χ4v) is 2.18. The van der Waals surface area contributed by atoms with Crippen LogP contribution in [0.3, 0.4) is 0 Å². The van der Waals surface area contributed by atoms with E-state index in [-0.39, 0.29) is 0 Å². The number of aromatic nitrogens is 1. The number of fused-ring (bicyclic) bond motifs is 1. The van der Waals surface area contributed by atoms with Gasteiger partial charge in [-0.3, -0.25) is 0 Å². The van der Waals surface area contributed by atoms with Crippen LogP contribution in [-0.2, 0) is 6.42 Å². The van der Waals surface area contributed by atoms with Crippen molar-refractivity contribution in [1.82, 2.24) is 4.98 Å². The maximum atomic E-state index is 4.26. The van der Waals surface area contributed by atoms with Gasteiger partial charge in [-0.25, -0.2) is 4.98 Å². The summed E-state index contributed by atoms with van der Waals surface area (Å²) in [6.07, 6.45) is 3.75. The van der Waals surface area contributed by atoms with Crippen LogP contribution in [0.25, 0.3) is 10.2 Å². The lowest BCUT2D eigenvalue weighted by atomic mass is 10.1. The van der Waals surface area contributed by atoms with Gasteiger partial charge in [0.25, 0.3) is 0 Å². The molecule has 2 rings (SSSR count). The maximum Gasteiger partial charge on any atom is 0.0812 e. The Morgan fingerprint density at radius 1 is 1.38 bits per heavy atom. The molecule has 2 heteroatoms. The molecule has 0 radical (unpaired) electrons.